The second-order valence-electron chi connectivity index (χ2n) is 23.7. The Morgan fingerprint density at radius 3 is 1.73 bits per heavy atom. The molecule has 0 spiro atoms. The van der Waals surface area contributed by atoms with Crippen molar-refractivity contribution >= 4 is 82.1 Å². The molecule has 2 aromatic carbocycles. The fourth-order valence-corrected chi connectivity index (χ4v) is 10.3. The van der Waals surface area contributed by atoms with Gasteiger partial charge in [-0.05, 0) is 101 Å². The first kappa shape index (κ1) is 79.4. The lowest BCUT2D eigenvalue weighted by Gasteiger charge is -2.27. The molecule has 94 heavy (non-hydrogen) atoms. The van der Waals surface area contributed by atoms with E-state index in [0.717, 1.165) is 55.6 Å². The number of carbonyl (C=O) groups is 10. The molecule has 0 saturated heterocycles. The predicted octanol–water partition coefficient (Wildman–Crippen LogP) is 4.15. The lowest BCUT2D eigenvalue weighted by Crippen LogP contribution is -2.59. The lowest BCUT2D eigenvalue weighted by molar-refractivity contribution is -0.135. The number of guanidine groups is 1. The van der Waals surface area contributed by atoms with Crippen molar-refractivity contribution in [1.82, 2.24) is 58.3 Å². The number of rotatable bonds is 51. The van der Waals surface area contributed by atoms with Crippen LogP contribution >= 0.6 is 0 Å². The van der Waals surface area contributed by atoms with E-state index in [0.29, 0.717) is 56.3 Å². The number of primary amides is 1. The first-order chi connectivity index (χ1) is 45.3. The molecule has 3 aromatic rings. The summed E-state index contributed by atoms with van der Waals surface area (Å²) in [4.78, 5) is 140. The molecule has 17 N–H and O–H groups in total. The zero-order chi connectivity index (χ0) is 68.7. The van der Waals surface area contributed by atoms with E-state index in [2.05, 4.69) is 87.4 Å². The molecular formula is C68H108N16O10. The molecule has 0 unspecified atom stereocenters. The fourth-order valence-electron chi connectivity index (χ4n) is 10.3. The number of hydrogen-bond acceptors (Lipinski definition) is 13. The van der Waals surface area contributed by atoms with Gasteiger partial charge in [0, 0.05) is 69.5 Å². The molecule has 26 heteroatoms. The number of aromatic nitrogens is 1. The normalized spacial score (nSPS) is 13.1. The van der Waals surface area contributed by atoms with Gasteiger partial charge in [-0.3, -0.25) is 52.9 Å². The Morgan fingerprint density at radius 2 is 1.06 bits per heavy atom. The summed E-state index contributed by atoms with van der Waals surface area (Å²) in [6.45, 7) is 7.56. The number of para-hydroxylation sites is 1. The molecule has 520 valence electrons. The topological polar surface area (TPSA) is 410 Å². The molecule has 0 saturated carbocycles. The van der Waals surface area contributed by atoms with Crippen LogP contribution in [0, 0.1) is 0 Å². The second kappa shape index (κ2) is 48.0. The van der Waals surface area contributed by atoms with Crippen LogP contribution in [0.3, 0.4) is 0 Å². The van der Waals surface area contributed by atoms with Crippen molar-refractivity contribution in [3.63, 3.8) is 0 Å². The summed E-state index contributed by atoms with van der Waals surface area (Å²) >= 11 is 0. The number of unbranched alkanes of at least 4 members (excludes halogenated alkanes) is 13. The number of nitrogens with one attached hydrogen (secondary N) is 11. The molecular weight excluding hydrogens is 1200 g/mol. The van der Waals surface area contributed by atoms with Gasteiger partial charge < -0.3 is 75.5 Å². The monoisotopic (exact) mass is 1310 g/mol. The lowest BCUT2D eigenvalue weighted by atomic mass is 10.0. The Morgan fingerprint density at radius 1 is 0.521 bits per heavy atom. The Balaban J connectivity index is 1.59. The van der Waals surface area contributed by atoms with Gasteiger partial charge in [-0.25, -0.2) is 0 Å². The molecule has 10 amide bonds. The number of fused-ring (bicyclic) bond motifs is 1. The van der Waals surface area contributed by atoms with Gasteiger partial charge in [0.25, 0.3) is 5.91 Å². The number of aromatic amines is 1. The minimum Gasteiger partial charge on any atom is -0.370 e. The van der Waals surface area contributed by atoms with Crippen LogP contribution in [0.2, 0.25) is 0 Å². The summed E-state index contributed by atoms with van der Waals surface area (Å²) < 4.78 is 0. The van der Waals surface area contributed by atoms with E-state index in [9.17, 15) is 47.9 Å². The van der Waals surface area contributed by atoms with Crippen LogP contribution in [0.4, 0.5) is 0 Å². The van der Waals surface area contributed by atoms with E-state index in [1.807, 2.05) is 31.2 Å². The van der Waals surface area contributed by atoms with Crippen molar-refractivity contribution in [3.05, 3.63) is 84.1 Å². The number of nitrogens with zero attached hydrogens (tertiary/aromatic N) is 2. The molecule has 3 rings (SSSR count). The predicted molar refractivity (Wildman–Crippen MR) is 367 cm³/mol. The van der Waals surface area contributed by atoms with E-state index in [4.69, 9.17) is 17.2 Å². The quantitative estimate of drug-likeness (QED) is 0.0124. The highest BCUT2D eigenvalue weighted by Crippen LogP contribution is 2.20. The molecule has 0 aliphatic heterocycles. The number of carbonyl (C=O) groups excluding carboxylic acids is 10. The molecule has 1 aromatic heterocycles. The zero-order valence-electron chi connectivity index (χ0n) is 55.9. The van der Waals surface area contributed by atoms with Crippen LogP contribution in [0.1, 0.15) is 187 Å². The van der Waals surface area contributed by atoms with E-state index < -0.39 is 89.4 Å². The number of hydrazone groups is 1. The summed E-state index contributed by atoms with van der Waals surface area (Å²) in [6, 6.07) is 8.89. The van der Waals surface area contributed by atoms with Gasteiger partial charge in [-0.1, -0.05) is 139 Å². The molecule has 0 aliphatic carbocycles. The summed E-state index contributed by atoms with van der Waals surface area (Å²) in [6.07, 6.45) is 26.2. The Bertz CT molecular complexity index is 2880. The van der Waals surface area contributed by atoms with Gasteiger partial charge in [0.2, 0.25) is 53.2 Å². The van der Waals surface area contributed by atoms with E-state index in [1.165, 1.54) is 65.2 Å². The third kappa shape index (κ3) is 35.3. The third-order valence-corrected chi connectivity index (χ3v) is 15.6. The standard InChI is InChI=1S/C68H108N16O10/c1-5-7-9-10-11-12-13-14-15-16-17-18-19-20-24-38-59(86)72-41-30-42-74-61(88)47-78-77-46-60(87)73-39-28-27-36-55(81-63(90)48(3)79-64(91)54(34-8-6-2)80-49(4)85)66(93)84-58(43-50-31-22-21-23-32-50)67(94)82-56(37-29-40-75-68(70)71)65(92)83-57(62(69)89)44-51-45-76-53-35-26-25-33-52(51)53/h14-15,21-23,25-26,31-33,35,45,47-48,54-58,76-77H,5-13,16-20,24,27-30,34,36-44,46H2,1-4H3,(H2,69,89)(H,72,86)(H,73,87)(H,74,88)(H,79,91)(H,80,85)(H,81,90)(H,82,94)(H,83,92)(H,84,93)(H4,70,71,75)/b15-14+,78-47+/t48-,54-,55-,56-,57-,58+/m0/s1. The minimum absolute atomic E-state index is 0.00927. The first-order valence-electron chi connectivity index (χ1n) is 33.8. The van der Waals surface area contributed by atoms with Crippen LogP contribution in [0.5, 0.6) is 0 Å². The van der Waals surface area contributed by atoms with Crippen LogP contribution in [0.15, 0.2) is 83.0 Å². The number of allylic oxidation sites excluding steroid dienone is 2. The smallest absolute Gasteiger partial charge is 0.264 e. The van der Waals surface area contributed by atoms with Crippen molar-refractivity contribution in [1.29, 1.82) is 0 Å². The summed E-state index contributed by atoms with van der Waals surface area (Å²) in [5.74, 6) is -6.05. The van der Waals surface area contributed by atoms with Crippen LogP contribution < -0.4 is 70.5 Å². The molecule has 0 bridgehead atoms. The maximum absolute atomic E-state index is 14.6. The average Bonchev–Trinajstić information content (AvgIpc) is 1.62. The summed E-state index contributed by atoms with van der Waals surface area (Å²) in [5, 5.41) is 29.2. The van der Waals surface area contributed by atoms with Gasteiger partial charge in [-0.2, -0.15) is 5.10 Å². The van der Waals surface area contributed by atoms with E-state index in [-0.39, 0.29) is 70.0 Å². The number of hydrogen-bond donors (Lipinski definition) is 14. The molecule has 0 radical (unpaired) electrons. The highest BCUT2D eigenvalue weighted by Gasteiger charge is 2.33. The number of aliphatic imine (C=N–C) groups is 1. The van der Waals surface area contributed by atoms with Crippen molar-refractivity contribution in [2.45, 2.75) is 224 Å². The van der Waals surface area contributed by atoms with Crippen LogP contribution in [0.25, 0.3) is 10.9 Å². The molecule has 1 heterocycles. The van der Waals surface area contributed by atoms with Gasteiger partial charge in [-0.15, -0.1) is 0 Å². The van der Waals surface area contributed by atoms with Crippen molar-refractivity contribution < 1.29 is 47.9 Å². The Labute approximate surface area is 554 Å². The molecule has 26 nitrogen and oxygen atoms in total. The van der Waals surface area contributed by atoms with Gasteiger partial charge in [0.15, 0.2) is 5.96 Å². The third-order valence-electron chi connectivity index (χ3n) is 15.6. The zero-order valence-corrected chi connectivity index (χ0v) is 55.9. The van der Waals surface area contributed by atoms with E-state index in [1.54, 1.807) is 36.5 Å². The summed E-state index contributed by atoms with van der Waals surface area (Å²) in [7, 11) is 0. The minimum atomic E-state index is -1.36. The second-order valence-corrected chi connectivity index (χ2v) is 23.7. The highest BCUT2D eigenvalue weighted by molar-refractivity contribution is 6.26. The largest absolute Gasteiger partial charge is 0.370 e. The maximum atomic E-state index is 14.6. The van der Waals surface area contributed by atoms with Gasteiger partial charge >= 0.3 is 0 Å². The van der Waals surface area contributed by atoms with Gasteiger partial charge in [0.1, 0.15) is 49.0 Å². The molecule has 6 atom stereocenters. The average molecular weight is 1310 g/mol. The Hall–Kier alpha value is -8.84. The molecule has 0 fully saturated rings. The number of H-pyrrole nitrogens is 1. The van der Waals surface area contributed by atoms with E-state index >= 15 is 0 Å². The van der Waals surface area contributed by atoms with Crippen LogP contribution in [-0.2, 0) is 60.8 Å². The molecule has 0 aliphatic rings. The van der Waals surface area contributed by atoms with Crippen molar-refractivity contribution in [2.75, 3.05) is 32.7 Å². The number of amides is 10. The highest BCUT2D eigenvalue weighted by atomic mass is 16.2. The maximum Gasteiger partial charge on any atom is 0.264 e. The Kier molecular flexibility index (Phi) is 40.5. The van der Waals surface area contributed by atoms with Crippen molar-refractivity contribution in [3.8, 4) is 0 Å². The SMILES string of the molecule is CCCCCCCC/C=C/CCCCCCCC(=O)NCCCNC(=O)/C=N/NCC(=O)NCCCC[C@H](NC(=O)[C@H](C)NC(=O)[C@H](CCCC)NC(C)=O)C(=O)N[C@H](Cc1ccccc1)C(=O)N[C@@H](CCCN=C(N)N)C(=O)N[C@@H](Cc1c[nH]c2ccccc12)C(N)=O. The number of benzene rings is 2. The van der Waals surface area contributed by atoms with Crippen molar-refractivity contribution in [2.24, 2.45) is 27.3 Å². The van der Waals surface area contributed by atoms with Gasteiger partial charge in [0.05, 0.1) is 0 Å². The van der Waals surface area contributed by atoms with Crippen LogP contribution in [-0.4, -0.2) is 145 Å². The summed E-state index contributed by atoms with van der Waals surface area (Å²) in [5.41, 5.74) is 21.7. The number of nitrogens with two attached hydrogens (primary N) is 3. The fraction of sp³-hybridized carbons (Fsp3) is 0.588. The first-order valence-corrected chi connectivity index (χ1v) is 33.8.